The fourth-order valence-electron chi connectivity index (χ4n) is 1.74. The molecule has 2 heterocycles. The standard InChI is InChI=1S/C10H14FN3/c11-10(12)4-1-5-14-9(10)8-2-6-13-7-3-8/h1-2,5,13H,3-4,6-7,12H2. The van der Waals surface area contributed by atoms with Gasteiger partial charge in [-0.25, -0.2) is 4.39 Å². The van der Waals surface area contributed by atoms with Gasteiger partial charge < -0.3 is 5.32 Å². The van der Waals surface area contributed by atoms with E-state index in [0.717, 1.165) is 25.1 Å². The van der Waals surface area contributed by atoms with Crippen molar-refractivity contribution >= 4 is 5.71 Å². The second kappa shape index (κ2) is 3.63. The van der Waals surface area contributed by atoms with Crippen LogP contribution in [0.5, 0.6) is 0 Å². The molecule has 76 valence electrons. The van der Waals surface area contributed by atoms with Gasteiger partial charge in [0.2, 0.25) is 5.79 Å². The van der Waals surface area contributed by atoms with E-state index in [-0.39, 0.29) is 6.42 Å². The summed E-state index contributed by atoms with van der Waals surface area (Å²) in [5.41, 5.74) is 6.89. The molecule has 3 N–H and O–H groups in total. The molecule has 0 fully saturated rings. The predicted octanol–water partition coefficient (Wildman–Crippen LogP) is 0.889. The van der Waals surface area contributed by atoms with Gasteiger partial charge >= 0.3 is 0 Å². The van der Waals surface area contributed by atoms with Crippen molar-refractivity contribution in [3.05, 3.63) is 23.9 Å². The zero-order valence-electron chi connectivity index (χ0n) is 7.96. The molecular formula is C10H14FN3. The van der Waals surface area contributed by atoms with Gasteiger partial charge in [0, 0.05) is 19.2 Å². The molecule has 0 spiro atoms. The fraction of sp³-hybridized carbons (Fsp3) is 0.500. The van der Waals surface area contributed by atoms with Crippen LogP contribution < -0.4 is 11.1 Å². The Balaban J connectivity index is 2.27. The first-order valence-electron chi connectivity index (χ1n) is 4.81. The van der Waals surface area contributed by atoms with E-state index in [4.69, 9.17) is 5.73 Å². The molecule has 0 saturated heterocycles. The number of nitrogens with one attached hydrogen (secondary N) is 1. The average molecular weight is 195 g/mol. The molecule has 0 aliphatic carbocycles. The van der Waals surface area contributed by atoms with E-state index < -0.39 is 5.79 Å². The highest BCUT2D eigenvalue weighted by atomic mass is 19.1. The second-order valence-electron chi connectivity index (χ2n) is 3.61. The van der Waals surface area contributed by atoms with Gasteiger partial charge in [0.05, 0.1) is 5.71 Å². The van der Waals surface area contributed by atoms with Gasteiger partial charge in [-0.2, -0.15) is 0 Å². The molecule has 1 unspecified atom stereocenters. The highest BCUT2D eigenvalue weighted by Crippen LogP contribution is 2.23. The number of hydrogen-bond donors (Lipinski definition) is 2. The number of alkyl halides is 1. The average Bonchev–Trinajstić information content (AvgIpc) is 2.18. The third-order valence-corrected chi connectivity index (χ3v) is 2.49. The van der Waals surface area contributed by atoms with Crippen molar-refractivity contribution in [1.82, 2.24) is 5.32 Å². The number of hydrogen-bond acceptors (Lipinski definition) is 3. The summed E-state index contributed by atoms with van der Waals surface area (Å²) in [4.78, 5) is 4.05. The molecule has 0 bridgehead atoms. The Morgan fingerprint density at radius 1 is 1.57 bits per heavy atom. The number of nitrogens with two attached hydrogens (primary N) is 1. The maximum Gasteiger partial charge on any atom is 0.205 e. The monoisotopic (exact) mass is 195 g/mol. The van der Waals surface area contributed by atoms with Crippen LogP contribution in [-0.2, 0) is 0 Å². The summed E-state index contributed by atoms with van der Waals surface area (Å²) >= 11 is 0. The van der Waals surface area contributed by atoms with Crippen LogP contribution in [0.2, 0.25) is 0 Å². The van der Waals surface area contributed by atoms with E-state index in [9.17, 15) is 4.39 Å². The quantitative estimate of drug-likeness (QED) is 0.610. The van der Waals surface area contributed by atoms with E-state index in [1.807, 2.05) is 6.08 Å². The Morgan fingerprint density at radius 2 is 2.43 bits per heavy atom. The van der Waals surface area contributed by atoms with Crippen molar-refractivity contribution in [3.8, 4) is 0 Å². The number of aliphatic imine (C=N–C) groups is 1. The van der Waals surface area contributed by atoms with Crippen LogP contribution in [0.1, 0.15) is 12.8 Å². The van der Waals surface area contributed by atoms with Gasteiger partial charge in [-0.3, -0.25) is 10.7 Å². The minimum atomic E-state index is -1.78. The number of halogens is 1. The Kier molecular flexibility index (Phi) is 2.48. The van der Waals surface area contributed by atoms with Crippen LogP contribution in [0.3, 0.4) is 0 Å². The van der Waals surface area contributed by atoms with Crippen molar-refractivity contribution in [2.24, 2.45) is 10.7 Å². The van der Waals surface area contributed by atoms with Gasteiger partial charge in [-0.05, 0) is 18.5 Å². The van der Waals surface area contributed by atoms with Crippen LogP contribution in [0.15, 0.2) is 28.9 Å². The van der Waals surface area contributed by atoms with E-state index in [2.05, 4.69) is 10.3 Å². The van der Waals surface area contributed by atoms with Crippen molar-refractivity contribution in [2.75, 3.05) is 13.1 Å². The molecule has 0 aromatic heterocycles. The van der Waals surface area contributed by atoms with Crippen molar-refractivity contribution < 1.29 is 4.39 Å². The lowest BCUT2D eigenvalue weighted by atomic mass is 9.93. The zero-order chi connectivity index (χ0) is 10.0. The lowest BCUT2D eigenvalue weighted by Crippen LogP contribution is -2.46. The maximum absolute atomic E-state index is 13.9. The Labute approximate surface area is 82.6 Å². The van der Waals surface area contributed by atoms with Crippen LogP contribution in [0.4, 0.5) is 4.39 Å². The molecule has 0 aromatic carbocycles. The number of rotatable bonds is 1. The topological polar surface area (TPSA) is 50.4 Å². The lowest BCUT2D eigenvalue weighted by Gasteiger charge is -2.26. The Bertz CT molecular complexity index is 315. The molecule has 2 aliphatic heterocycles. The van der Waals surface area contributed by atoms with Gasteiger partial charge in [0.15, 0.2) is 0 Å². The molecule has 2 rings (SSSR count). The lowest BCUT2D eigenvalue weighted by molar-refractivity contribution is 0.267. The highest BCUT2D eigenvalue weighted by Gasteiger charge is 2.33. The summed E-state index contributed by atoms with van der Waals surface area (Å²) in [6.45, 7) is 1.64. The van der Waals surface area contributed by atoms with Crippen LogP contribution in [0.25, 0.3) is 0 Å². The SMILES string of the molecule is NC1(F)CC=CN=C1C1=CCNCC1. The molecule has 4 heteroatoms. The molecule has 1 atom stereocenters. The molecule has 0 aromatic rings. The minimum absolute atomic E-state index is 0.219. The normalized spacial score (nSPS) is 32.4. The molecule has 3 nitrogen and oxygen atoms in total. The van der Waals surface area contributed by atoms with Gasteiger partial charge in [0.25, 0.3) is 0 Å². The summed E-state index contributed by atoms with van der Waals surface area (Å²) in [6, 6.07) is 0. The van der Waals surface area contributed by atoms with Gasteiger partial charge in [0.1, 0.15) is 0 Å². The first kappa shape index (κ1) is 9.55. The van der Waals surface area contributed by atoms with Crippen LogP contribution >= 0.6 is 0 Å². The predicted molar refractivity (Wildman–Crippen MR) is 54.8 cm³/mol. The molecule has 0 amide bonds. The summed E-state index contributed by atoms with van der Waals surface area (Å²) in [6.07, 6.45) is 6.27. The number of nitrogens with zero attached hydrogens (tertiary/aromatic N) is 1. The maximum atomic E-state index is 13.9. The largest absolute Gasteiger partial charge is 0.313 e. The van der Waals surface area contributed by atoms with Crippen molar-refractivity contribution in [3.63, 3.8) is 0 Å². The van der Waals surface area contributed by atoms with E-state index in [1.54, 1.807) is 12.3 Å². The Hall–Kier alpha value is -1.00. The summed E-state index contributed by atoms with van der Waals surface area (Å²) in [5.74, 6) is -1.78. The van der Waals surface area contributed by atoms with E-state index >= 15 is 0 Å². The van der Waals surface area contributed by atoms with Gasteiger partial charge in [-0.1, -0.05) is 12.2 Å². The van der Waals surface area contributed by atoms with Crippen molar-refractivity contribution in [2.45, 2.75) is 18.6 Å². The first-order chi connectivity index (χ1) is 6.70. The van der Waals surface area contributed by atoms with Crippen LogP contribution in [-0.4, -0.2) is 24.6 Å². The summed E-state index contributed by atoms with van der Waals surface area (Å²) in [7, 11) is 0. The molecule has 2 aliphatic rings. The minimum Gasteiger partial charge on any atom is -0.313 e. The molecule has 14 heavy (non-hydrogen) atoms. The smallest absolute Gasteiger partial charge is 0.205 e. The molecule has 0 radical (unpaired) electrons. The van der Waals surface area contributed by atoms with E-state index in [1.165, 1.54) is 0 Å². The molecule has 0 saturated carbocycles. The summed E-state index contributed by atoms with van der Waals surface area (Å²) < 4.78 is 13.9. The fourth-order valence-corrected chi connectivity index (χ4v) is 1.74. The molecular weight excluding hydrogens is 181 g/mol. The van der Waals surface area contributed by atoms with Crippen LogP contribution in [0, 0.1) is 0 Å². The zero-order valence-corrected chi connectivity index (χ0v) is 7.96. The van der Waals surface area contributed by atoms with E-state index in [0.29, 0.717) is 5.71 Å². The summed E-state index contributed by atoms with van der Waals surface area (Å²) in [5, 5.41) is 3.17. The third kappa shape index (κ3) is 1.76. The second-order valence-corrected chi connectivity index (χ2v) is 3.61. The third-order valence-electron chi connectivity index (χ3n) is 2.49. The van der Waals surface area contributed by atoms with Gasteiger partial charge in [-0.15, -0.1) is 0 Å². The van der Waals surface area contributed by atoms with Crippen molar-refractivity contribution in [1.29, 1.82) is 0 Å². The first-order valence-corrected chi connectivity index (χ1v) is 4.81. The Morgan fingerprint density at radius 3 is 3.07 bits per heavy atom. The highest BCUT2D eigenvalue weighted by molar-refractivity contribution is 6.06.